The van der Waals surface area contributed by atoms with Crippen LogP contribution in [-0.4, -0.2) is 35.7 Å². The van der Waals surface area contributed by atoms with E-state index in [4.69, 9.17) is 16.3 Å². The van der Waals surface area contributed by atoms with Crippen molar-refractivity contribution in [3.05, 3.63) is 82.2 Å². The average Bonchev–Trinajstić information content (AvgIpc) is 2.90. The summed E-state index contributed by atoms with van der Waals surface area (Å²) in [5.41, 5.74) is 1.29. The fraction of sp³-hybridized carbons (Fsp3) is 0.148. The highest BCUT2D eigenvalue weighted by molar-refractivity contribution is 7.92. The molecule has 194 valence electrons. The van der Waals surface area contributed by atoms with Crippen molar-refractivity contribution in [3.63, 3.8) is 0 Å². The molecule has 0 saturated heterocycles. The van der Waals surface area contributed by atoms with Gasteiger partial charge < -0.3 is 20.4 Å². The average molecular weight is 550 g/mol. The van der Waals surface area contributed by atoms with Crippen molar-refractivity contribution in [3.8, 4) is 5.75 Å². The molecule has 0 aliphatic rings. The van der Waals surface area contributed by atoms with Crippen LogP contribution in [0.5, 0.6) is 5.75 Å². The first kappa shape index (κ1) is 25.5. The minimum Gasteiger partial charge on any atom is -0.495 e. The van der Waals surface area contributed by atoms with E-state index in [1.165, 1.54) is 19.4 Å². The van der Waals surface area contributed by atoms with E-state index in [1.807, 2.05) is 24.3 Å². The van der Waals surface area contributed by atoms with Gasteiger partial charge in [0.15, 0.2) is 15.7 Å². The summed E-state index contributed by atoms with van der Waals surface area (Å²) in [6.07, 6.45) is 1.40. The number of aromatic nitrogens is 3. The van der Waals surface area contributed by atoms with Crippen LogP contribution in [0.2, 0.25) is 5.02 Å². The fourth-order valence-electron chi connectivity index (χ4n) is 4.11. The summed E-state index contributed by atoms with van der Waals surface area (Å²) in [5, 5.41) is 7.80. The maximum absolute atomic E-state index is 12.9. The Kier molecular flexibility index (Phi) is 6.68. The van der Waals surface area contributed by atoms with Gasteiger partial charge in [-0.3, -0.25) is 4.79 Å². The Bertz CT molecular complexity index is 1850. The molecule has 0 aliphatic heterocycles. The third kappa shape index (κ3) is 4.64. The Labute approximate surface area is 223 Å². The third-order valence-electron chi connectivity index (χ3n) is 6.11. The molecule has 2 aromatic heterocycles. The molecule has 0 spiro atoms. The number of nitrogens with zero attached hydrogens (tertiary/aromatic N) is 2. The van der Waals surface area contributed by atoms with E-state index >= 15 is 0 Å². The number of aromatic amines is 1. The lowest BCUT2D eigenvalue weighted by Crippen LogP contribution is -2.15. The molecule has 38 heavy (non-hydrogen) atoms. The van der Waals surface area contributed by atoms with Gasteiger partial charge in [-0.1, -0.05) is 41.9 Å². The van der Waals surface area contributed by atoms with E-state index in [9.17, 15) is 13.2 Å². The summed E-state index contributed by atoms with van der Waals surface area (Å²) in [6, 6.07) is 17.6. The molecule has 0 saturated carbocycles. The zero-order valence-corrected chi connectivity index (χ0v) is 22.3. The van der Waals surface area contributed by atoms with Gasteiger partial charge in [-0.05, 0) is 44.2 Å². The third-order valence-corrected chi connectivity index (χ3v) is 8.59. The zero-order chi connectivity index (χ0) is 27.0. The smallest absolute Gasteiger partial charge is 0.256 e. The van der Waals surface area contributed by atoms with Crippen LogP contribution in [0.25, 0.3) is 21.7 Å². The molecule has 3 N–H and O–H groups in total. The number of benzene rings is 3. The Morgan fingerprint density at radius 1 is 0.947 bits per heavy atom. The molecule has 0 aliphatic carbocycles. The lowest BCUT2D eigenvalue weighted by atomic mass is 10.1. The molecule has 0 unspecified atom stereocenters. The van der Waals surface area contributed by atoms with E-state index < -0.39 is 15.1 Å². The second-order valence-corrected chi connectivity index (χ2v) is 11.7. The number of anilines is 4. The number of H-pyrrole nitrogens is 1. The molecule has 9 nitrogen and oxygen atoms in total. The molecule has 5 rings (SSSR count). The minimum atomic E-state index is -3.56. The minimum absolute atomic E-state index is 0.141. The normalized spacial score (nSPS) is 11.7. The largest absolute Gasteiger partial charge is 0.495 e. The maximum atomic E-state index is 12.9. The topological polar surface area (TPSA) is 126 Å². The quantitative estimate of drug-likeness (QED) is 0.217. The molecular formula is C27H24ClN5O4S. The first-order chi connectivity index (χ1) is 18.2. The molecule has 5 aromatic rings. The van der Waals surface area contributed by atoms with Gasteiger partial charge in [0, 0.05) is 21.7 Å². The molecule has 0 fully saturated rings. The van der Waals surface area contributed by atoms with Crippen LogP contribution >= 0.6 is 11.6 Å². The molecular weight excluding hydrogens is 526 g/mol. The lowest BCUT2D eigenvalue weighted by molar-refractivity contribution is 0.417. The standard InChI is InChI=1S/C27H24ClN5O4S/c1-15(2)38(35,36)24-11-7-6-10-21(24)30-25-19(28)14-29-27(33-25)32-22-12-18-17(13-23(22)37-3)16-8-4-5-9-20(16)31-26(18)34/h4-15H,1-3H3,(H,31,34)(H2,29,30,32,33). The second-order valence-electron chi connectivity index (χ2n) is 8.83. The summed E-state index contributed by atoms with van der Waals surface area (Å²) in [7, 11) is -2.03. The van der Waals surface area contributed by atoms with E-state index in [-0.39, 0.29) is 27.2 Å². The van der Waals surface area contributed by atoms with Crippen molar-refractivity contribution < 1.29 is 13.2 Å². The molecule has 0 amide bonds. The summed E-state index contributed by atoms with van der Waals surface area (Å²) < 4.78 is 31.3. The monoisotopic (exact) mass is 549 g/mol. The van der Waals surface area contributed by atoms with Crippen LogP contribution in [0.15, 0.2) is 76.6 Å². The predicted molar refractivity (Wildman–Crippen MR) is 151 cm³/mol. The number of pyridine rings is 1. The van der Waals surface area contributed by atoms with Gasteiger partial charge in [0.25, 0.3) is 5.56 Å². The first-order valence-corrected chi connectivity index (χ1v) is 13.6. The Morgan fingerprint density at radius 2 is 1.68 bits per heavy atom. The predicted octanol–water partition coefficient (Wildman–Crippen LogP) is 5.80. The number of nitrogens with one attached hydrogen (secondary N) is 3. The van der Waals surface area contributed by atoms with Crippen LogP contribution in [0, 0.1) is 0 Å². The molecule has 11 heteroatoms. The number of fused-ring (bicyclic) bond motifs is 3. The highest BCUT2D eigenvalue weighted by Crippen LogP contribution is 2.35. The van der Waals surface area contributed by atoms with Crippen LogP contribution in [0.1, 0.15) is 13.8 Å². The van der Waals surface area contributed by atoms with Crippen molar-refractivity contribution in [2.75, 3.05) is 17.7 Å². The molecule has 2 heterocycles. The summed E-state index contributed by atoms with van der Waals surface area (Å²) in [4.78, 5) is 24.6. The van der Waals surface area contributed by atoms with Crippen molar-refractivity contribution in [1.29, 1.82) is 0 Å². The van der Waals surface area contributed by atoms with E-state index in [0.717, 1.165) is 16.3 Å². The Hall–Kier alpha value is -4.15. The molecule has 0 bridgehead atoms. The fourth-order valence-corrected chi connectivity index (χ4v) is 5.45. The van der Waals surface area contributed by atoms with Gasteiger partial charge >= 0.3 is 0 Å². The number of halogens is 1. The van der Waals surface area contributed by atoms with Crippen molar-refractivity contribution >= 4 is 66.3 Å². The summed E-state index contributed by atoms with van der Waals surface area (Å²) in [5.74, 6) is 0.852. The van der Waals surface area contributed by atoms with Crippen molar-refractivity contribution in [2.45, 2.75) is 24.0 Å². The molecule has 3 aromatic carbocycles. The van der Waals surface area contributed by atoms with Gasteiger partial charge in [0.1, 0.15) is 10.8 Å². The van der Waals surface area contributed by atoms with E-state index in [1.54, 1.807) is 44.2 Å². The number of rotatable bonds is 7. The van der Waals surface area contributed by atoms with E-state index in [0.29, 0.717) is 22.5 Å². The van der Waals surface area contributed by atoms with Gasteiger partial charge in [0.05, 0.1) is 34.8 Å². The van der Waals surface area contributed by atoms with Gasteiger partial charge in [-0.25, -0.2) is 13.4 Å². The highest BCUT2D eigenvalue weighted by atomic mass is 35.5. The van der Waals surface area contributed by atoms with E-state index in [2.05, 4.69) is 25.6 Å². The van der Waals surface area contributed by atoms with Crippen molar-refractivity contribution in [2.24, 2.45) is 0 Å². The summed E-state index contributed by atoms with van der Waals surface area (Å²) in [6.45, 7) is 3.24. The summed E-state index contributed by atoms with van der Waals surface area (Å²) >= 11 is 6.36. The van der Waals surface area contributed by atoms with Gasteiger partial charge in [-0.15, -0.1) is 0 Å². The van der Waals surface area contributed by atoms with Gasteiger partial charge in [-0.2, -0.15) is 4.98 Å². The van der Waals surface area contributed by atoms with Crippen LogP contribution in [-0.2, 0) is 9.84 Å². The van der Waals surface area contributed by atoms with Crippen LogP contribution in [0.4, 0.5) is 23.1 Å². The Balaban J connectivity index is 1.54. The highest BCUT2D eigenvalue weighted by Gasteiger charge is 2.23. The molecule has 0 atom stereocenters. The second kappa shape index (κ2) is 9.96. The molecule has 0 radical (unpaired) electrons. The van der Waals surface area contributed by atoms with Gasteiger partial charge in [0.2, 0.25) is 5.95 Å². The number of sulfone groups is 1. The SMILES string of the molecule is COc1cc2c(cc1Nc1ncc(Cl)c(Nc3ccccc3S(=O)(=O)C(C)C)n1)c(=O)[nH]c1ccccc12. The number of para-hydroxylation sites is 2. The maximum Gasteiger partial charge on any atom is 0.256 e. The van der Waals surface area contributed by atoms with Crippen molar-refractivity contribution in [1.82, 2.24) is 15.0 Å². The number of methoxy groups -OCH3 is 1. The van der Waals surface area contributed by atoms with Crippen LogP contribution < -0.4 is 20.9 Å². The van der Waals surface area contributed by atoms with Crippen LogP contribution in [0.3, 0.4) is 0 Å². The zero-order valence-electron chi connectivity index (χ0n) is 20.7. The number of hydrogen-bond donors (Lipinski definition) is 3. The lowest BCUT2D eigenvalue weighted by Gasteiger charge is -2.16. The first-order valence-electron chi connectivity index (χ1n) is 11.7. The Morgan fingerprint density at radius 3 is 2.45 bits per heavy atom. The number of ether oxygens (including phenoxy) is 1. The number of hydrogen-bond acceptors (Lipinski definition) is 8.